The van der Waals surface area contributed by atoms with Gasteiger partial charge in [0.1, 0.15) is 12.1 Å². The Hall–Kier alpha value is -1.82. The maximum Gasteiger partial charge on any atom is 0.249 e. The minimum Gasteiger partial charge on any atom is -0.476 e. The van der Waals surface area contributed by atoms with E-state index < -0.39 is 0 Å². The van der Waals surface area contributed by atoms with Gasteiger partial charge in [0, 0.05) is 4.47 Å². The molecule has 1 heterocycles. The number of aromatic nitrogens is 2. The van der Waals surface area contributed by atoms with Crippen LogP contribution < -0.4 is 15.2 Å². The van der Waals surface area contributed by atoms with Crippen molar-refractivity contribution in [2.45, 2.75) is 27.2 Å². The minimum absolute atomic E-state index is 0.303. The van der Waals surface area contributed by atoms with Gasteiger partial charge in [-0.1, -0.05) is 22.9 Å². The fourth-order valence-corrected chi connectivity index (χ4v) is 2.07. The molecule has 0 radical (unpaired) electrons. The van der Waals surface area contributed by atoms with Gasteiger partial charge >= 0.3 is 0 Å². The Morgan fingerprint density at radius 1 is 1.14 bits per heavy atom. The fraction of sp³-hybridized carbons (Fsp3) is 0.333. The molecule has 1 aromatic heterocycles. The molecule has 5 nitrogen and oxygen atoms in total. The lowest BCUT2D eigenvalue weighted by atomic mass is 10.1. The van der Waals surface area contributed by atoms with Crippen LogP contribution in [0.25, 0.3) is 0 Å². The zero-order chi connectivity index (χ0) is 15.4. The number of aryl methyl sites for hydroxylation is 2. The van der Waals surface area contributed by atoms with E-state index in [0.29, 0.717) is 29.8 Å². The maximum atomic E-state index is 5.99. The number of ether oxygens (including phenoxy) is 2. The first-order valence-electron chi connectivity index (χ1n) is 6.70. The van der Waals surface area contributed by atoms with Crippen LogP contribution in [-0.2, 0) is 0 Å². The first-order chi connectivity index (χ1) is 10.0. The smallest absolute Gasteiger partial charge is 0.249 e. The van der Waals surface area contributed by atoms with Crippen molar-refractivity contribution in [1.29, 1.82) is 0 Å². The van der Waals surface area contributed by atoms with Gasteiger partial charge in [0.25, 0.3) is 0 Å². The van der Waals surface area contributed by atoms with Crippen molar-refractivity contribution < 1.29 is 9.47 Å². The predicted molar refractivity (Wildman–Crippen MR) is 85.9 cm³/mol. The number of anilines is 1. The molecule has 2 rings (SSSR count). The Kier molecular flexibility index (Phi) is 5.01. The van der Waals surface area contributed by atoms with E-state index in [4.69, 9.17) is 15.2 Å². The van der Waals surface area contributed by atoms with E-state index in [-0.39, 0.29) is 0 Å². The van der Waals surface area contributed by atoms with E-state index >= 15 is 0 Å². The number of benzene rings is 1. The van der Waals surface area contributed by atoms with Crippen molar-refractivity contribution in [3.63, 3.8) is 0 Å². The molecule has 0 amide bonds. The molecule has 0 aliphatic heterocycles. The molecule has 2 aromatic rings. The van der Waals surface area contributed by atoms with E-state index in [2.05, 4.69) is 25.9 Å². The summed E-state index contributed by atoms with van der Waals surface area (Å²) in [6.07, 6.45) is 2.26. The molecule has 6 heteroatoms. The highest BCUT2D eigenvalue weighted by Gasteiger charge is 2.12. The van der Waals surface area contributed by atoms with Crippen LogP contribution in [-0.4, -0.2) is 16.6 Å². The Labute approximate surface area is 132 Å². The number of nitrogens with zero attached hydrogens (tertiary/aromatic N) is 2. The van der Waals surface area contributed by atoms with Crippen molar-refractivity contribution in [3.05, 3.63) is 34.1 Å². The standard InChI is InChI=1S/C15H18BrN3O2/c1-4-5-20-14-13(17)15(19-8-18-14)21-11-6-9(2)12(16)10(3)7-11/h6-8H,4-5,17H2,1-3H3. The molecule has 0 spiro atoms. The van der Waals surface area contributed by atoms with E-state index in [1.807, 2.05) is 32.9 Å². The Balaban J connectivity index is 2.27. The Morgan fingerprint density at radius 2 is 1.76 bits per heavy atom. The van der Waals surface area contributed by atoms with Gasteiger partial charge in [-0.15, -0.1) is 0 Å². The average Bonchev–Trinajstić information content (AvgIpc) is 2.45. The van der Waals surface area contributed by atoms with Gasteiger partial charge < -0.3 is 15.2 Å². The Bertz CT molecular complexity index is 624. The van der Waals surface area contributed by atoms with E-state index in [1.54, 1.807) is 0 Å². The van der Waals surface area contributed by atoms with Crippen molar-refractivity contribution in [2.24, 2.45) is 0 Å². The summed E-state index contributed by atoms with van der Waals surface area (Å²) in [5.41, 5.74) is 8.47. The number of nitrogen functional groups attached to an aromatic ring is 1. The second-order valence-electron chi connectivity index (χ2n) is 4.72. The number of hydrogen-bond acceptors (Lipinski definition) is 5. The highest BCUT2D eigenvalue weighted by molar-refractivity contribution is 9.10. The molecular formula is C15H18BrN3O2. The van der Waals surface area contributed by atoms with Crippen molar-refractivity contribution in [3.8, 4) is 17.5 Å². The summed E-state index contributed by atoms with van der Waals surface area (Å²) >= 11 is 3.53. The third-order valence-corrected chi connectivity index (χ3v) is 4.13. The summed E-state index contributed by atoms with van der Waals surface area (Å²) in [7, 11) is 0. The van der Waals surface area contributed by atoms with Gasteiger partial charge in [0.05, 0.1) is 6.61 Å². The summed E-state index contributed by atoms with van der Waals surface area (Å²) < 4.78 is 12.3. The van der Waals surface area contributed by atoms with Crippen molar-refractivity contribution in [2.75, 3.05) is 12.3 Å². The van der Waals surface area contributed by atoms with Crippen LogP contribution in [0.5, 0.6) is 17.5 Å². The molecule has 2 N–H and O–H groups in total. The molecule has 0 saturated carbocycles. The van der Waals surface area contributed by atoms with E-state index in [9.17, 15) is 0 Å². The Morgan fingerprint density at radius 3 is 2.38 bits per heavy atom. The third kappa shape index (κ3) is 3.64. The van der Waals surface area contributed by atoms with Crippen LogP contribution >= 0.6 is 15.9 Å². The van der Waals surface area contributed by atoms with Gasteiger partial charge in [-0.3, -0.25) is 0 Å². The molecule has 0 unspecified atom stereocenters. The highest BCUT2D eigenvalue weighted by atomic mass is 79.9. The molecule has 0 fully saturated rings. The number of nitrogens with two attached hydrogens (primary N) is 1. The van der Waals surface area contributed by atoms with Crippen LogP contribution in [0.4, 0.5) is 5.69 Å². The zero-order valence-electron chi connectivity index (χ0n) is 12.3. The number of hydrogen-bond donors (Lipinski definition) is 1. The molecule has 112 valence electrons. The first-order valence-corrected chi connectivity index (χ1v) is 7.50. The highest BCUT2D eigenvalue weighted by Crippen LogP contribution is 2.33. The molecule has 0 aliphatic rings. The second kappa shape index (κ2) is 6.76. The monoisotopic (exact) mass is 351 g/mol. The topological polar surface area (TPSA) is 70.3 Å². The van der Waals surface area contributed by atoms with E-state index in [1.165, 1.54) is 6.33 Å². The largest absolute Gasteiger partial charge is 0.476 e. The first kappa shape index (κ1) is 15.6. The number of halogens is 1. The normalized spacial score (nSPS) is 10.5. The lowest BCUT2D eigenvalue weighted by molar-refractivity contribution is 0.304. The molecule has 0 bridgehead atoms. The maximum absolute atomic E-state index is 5.99. The van der Waals surface area contributed by atoms with Crippen molar-refractivity contribution in [1.82, 2.24) is 9.97 Å². The van der Waals surface area contributed by atoms with Crippen LogP contribution in [0, 0.1) is 13.8 Å². The van der Waals surface area contributed by atoms with Crippen LogP contribution in [0.1, 0.15) is 24.5 Å². The zero-order valence-corrected chi connectivity index (χ0v) is 13.9. The summed E-state index contributed by atoms with van der Waals surface area (Å²) in [6.45, 7) is 6.57. The summed E-state index contributed by atoms with van der Waals surface area (Å²) in [5, 5.41) is 0. The molecule has 0 aliphatic carbocycles. The molecule has 0 saturated heterocycles. The fourth-order valence-electron chi connectivity index (χ4n) is 1.84. The van der Waals surface area contributed by atoms with Crippen LogP contribution in [0.2, 0.25) is 0 Å². The van der Waals surface area contributed by atoms with Crippen molar-refractivity contribution >= 4 is 21.6 Å². The van der Waals surface area contributed by atoms with Gasteiger partial charge in [-0.25, -0.2) is 0 Å². The predicted octanol–water partition coefficient (Wildman–Crippen LogP) is 4.02. The summed E-state index contributed by atoms with van der Waals surface area (Å²) in [4.78, 5) is 8.10. The van der Waals surface area contributed by atoms with Gasteiger partial charge in [-0.2, -0.15) is 9.97 Å². The molecule has 1 aromatic carbocycles. The quantitative estimate of drug-likeness (QED) is 0.880. The summed E-state index contributed by atoms with van der Waals surface area (Å²) in [6, 6.07) is 3.84. The van der Waals surface area contributed by atoms with Crippen LogP contribution in [0.15, 0.2) is 22.9 Å². The SMILES string of the molecule is CCCOc1ncnc(Oc2cc(C)c(Br)c(C)c2)c1N. The van der Waals surface area contributed by atoms with Crippen LogP contribution in [0.3, 0.4) is 0 Å². The lowest BCUT2D eigenvalue weighted by Crippen LogP contribution is -2.04. The number of rotatable bonds is 5. The summed E-state index contributed by atoms with van der Waals surface area (Å²) in [5.74, 6) is 1.34. The van der Waals surface area contributed by atoms with E-state index in [0.717, 1.165) is 22.0 Å². The minimum atomic E-state index is 0.303. The molecule has 0 atom stereocenters. The van der Waals surface area contributed by atoms with Gasteiger partial charge in [-0.05, 0) is 43.5 Å². The van der Waals surface area contributed by atoms with Gasteiger partial charge in [0.2, 0.25) is 11.8 Å². The third-order valence-electron chi connectivity index (χ3n) is 2.88. The molecule has 21 heavy (non-hydrogen) atoms. The second-order valence-corrected chi connectivity index (χ2v) is 5.51. The van der Waals surface area contributed by atoms with Gasteiger partial charge in [0.15, 0.2) is 5.69 Å². The molecular weight excluding hydrogens is 334 g/mol. The lowest BCUT2D eigenvalue weighted by Gasteiger charge is -2.12. The average molecular weight is 352 g/mol.